The molecule has 0 aliphatic carbocycles. The molecule has 0 N–H and O–H groups in total. The Morgan fingerprint density at radius 2 is 1.88 bits per heavy atom. The van der Waals surface area contributed by atoms with Crippen molar-refractivity contribution in [2.24, 2.45) is 0 Å². The average molecular weight is 357 g/mol. The Hall–Kier alpha value is -2.83. The number of hydrogen-bond donors (Lipinski definition) is 0. The number of aromatic nitrogens is 2. The average Bonchev–Trinajstić information content (AvgIpc) is 3.07. The number of para-hydroxylation sites is 2. The number of likely N-dealkylation sites (tertiary alicyclic amines) is 1. The van der Waals surface area contributed by atoms with E-state index in [2.05, 4.69) is 9.97 Å². The van der Waals surface area contributed by atoms with Crippen LogP contribution in [0.25, 0.3) is 0 Å². The van der Waals surface area contributed by atoms with Crippen molar-refractivity contribution in [2.75, 3.05) is 26.8 Å². The third kappa shape index (κ3) is 4.41. The molecule has 0 saturated carbocycles. The van der Waals surface area contributed by atoms with Gasteiger partial charge in [-0.05, 0) is 32.0 Å². The van der Waals surface area contributed by atoms with Crippen molar-refractivity contribution in [3.8, 4) is 17.5 Å². The number of hydrogen-bond acceptors (Lipinski definition) is 6. The first-order chi connectivity index (χ1) is 12.5. The summed E-state index contributed by atoms with van der Waals surface area (Å²) in [7, 11) is 1.57. The highest BCUT2D eigenvalue weighted by Crippen LogP contribution is 2.26. The Morgan fingerprint density at radius 1 is 1.19 bits per heavy atom. The van der Waals surface area contributed by atoms with Crippen LogP contribution < -0.4 is 14.2 Å². The molecular formula is C19H23N3O4. The van der Waals surface area contributed by atoms with Crippen molar-refractivity contribution in [3.63, 3.8) is 0 Å². The molecule has 138 valence electrons. The van der Waals surface area contributed by atoms with Gasteiger partial charge in [-0.15, -0.1) is 0 Å². The molecule has 1 aliphatic heterocycles. The number of nitrogens with zero attached hydrogens (tertiary/aromatic N) is 3. The summed E-state index contributed by atoms with van der Waals surface area (Å²) in [6.07, 6.45) is 0.642. The Bertz CT molecular complexity index is 761. The molecule has 1 fully saturated rings. The van der Waals surface area contributed by atoms with Crippen molar-refractivity contribution in [1.29, 1.82) is 0 Å². The topological polar surface area (TPSA) is 73.8 Å². The van der Waals surface area contributed by atoms with Gasteiger partial charge in [-0.1, -0.05) is 12.1 Å². The van der Waals surface area contributed by atoms with E-state index in [4.69, 9.17) is 14.2 Å². The summed E-state index contributed by atoms with van der Waals surface area (Å²) in [6.45, 7) is 4.91. The first kappa shape index (κ1) is 18.0. The van der Waals surface area contributed by atoms with Crippen molar-refractivity contribution >= 4 is 5.91 Å². The molecule has 2 aromatic rings. The lowest BCUT2D eigenvalue weighted by Crippen LogP contribution is -2.34. The number of carbonyl (C=O) groups excluding carboxylic acids is 1. The fourth-order valence-electron chi connectivity index (χ4n) is 2.92. The Labute approximate surface area is 152 Å². The minimum atomic E-state index is -0.105. The van der Waals surface area contributed by atoms with E-state index in [1.165, 1.54) is 0 Å². The van der Waals surface area contributed by atoms with Crippen molar-refractivity contribution < 1.29 is 19.0 Å². The maximum absolute atomic E-state index is 12.4. The van der Waals surface area contributed by atoms with Gasteiger partial charge in [0, 0.05) is 24.4 Å². The van der Waals surface area contributed by atoms with E-state index < -0.39 is 0 Å². The first-order valence-electron chi connectivity index (χ1n) is 8.57. The van der Waals surface area contributed by atoms with Gasteiger partial charge in [-0.25, -0.2) is 9.97 Å². The fourth-order valence-corrected chi connectivity index (χ4v) is 2.92. The monoisotopic (exact) mass is 357 g/mol. The predicted molar refractivity (Wildman–Crippen MR) is 95.6 cm³/mol. The van der Waals surface area contributed by atoms with Gasteiger partial charge in [0.25, 0.3) is 5.91 Å². The molecule has 1 aromatic heterocycles. The quantitative estimate of drug-likeness (QED) is 0.789. The van der Waals surface area contributed by atoms with Gasteiger partial charge in [0.15, 0.2) is 18.1 Å². The molecule has 1 saturated heterocycles. The lowest BCUT2D eigenvalue weighted by Gasteiger charge is -2.17. The maximum Gasteiger partial charge on any atom is 0.317 e. The molecule has 1 atom stereocenters. The third-order valence-electron chi connectivity index (χ3n) is 4.15. The van der Waals surface area contributed by atoms with Crippen LogP contribution in [0.4, 0.5) is 0 Å². The van der Waals surface area contributed by atoms with Crippen LogP contribution in [-0.4, -0.2) is 53.7 Å². The number of amides is 1. The highest BCUT2D eigenvalue weighted by molar-refractivity contribution is 5.78. The largest absolute Gasteiger partial charge is 0.493 e. The number of aryl methyl sites for hydroxylation is 2. The smallest absolute Gasteiger partial charge is 0.317 e. The van der Waals surface area contributed by atoms with Crippen molar-refractivity contribution in [1.82, 2.24) is 14.9 Å². The van der Waals surface area contributed by atoms with Gasteiger partial charge < -0.3 is 19.1 Å². The summed E-state index contributed by atoms with van der Waals surface area (Å²) in [5.41, 5.74) is 1.73. The second kappa shape index (κ2) is 8.03. The van der Waals surface area contributed by atoms with E-state index in [1.807, 2.05) is 32.0 Å². The van der Waals surface area contributed by atoms with Crippen LogP contribution in [0.5, 0.6) is 17.5 Å². The highest BCUT2D eigenvalue weighted by Gasteiger charge is 2.28. The molecule has 1 amide bonds. The third-order valence-corrected chi connectivity index (χ3v) is 4.15. The summed E-state index contributed by atoms with van der Waals surface area (Å²) in [5, 5.41) is 0. The van der Waals surface area contributed by atoms with Gasteiger partial charge in [-0.3, -0.25) is 4.79 Å². The van der Waals surface area contributed by atoms with Crippen LogP contribution in [-0.2, 0) is 4.79 Å². The van der Waals surface area contributed by atoms with Crippen LogP contribution in [0.2, 0.25) is 0 Å². The molecular weight excluding hydrogens is 334 g/mol. The number of benzene rings is 1. The van der Waals surface area contributed by atoms with E-state index in [0.29, 0.717) is 30.6 Å². The van der Waals surface area contributed by atoms with E-state index in [-0.39, 0.29) is 18.6 Å². The standard InChI is InChI=1S/C19H23N3O4/c1-13-10-14(2)21-19(20-13)26-15-8-9-22(11-15)18(23)12-25-17-7-5-4-6-16(17)24-3/h4-7,10,15H,8-9,11-12H2,1-3H3/t15-/m0/s1. The maximum atomic E-state index is 12.4. The molecule has 0 bridgehead atoms. The molecule has 26 heavy (non-hydrogen) atoms. The van der Waals surface area contributed by atoms with E-state index in [0.717, 1.165) is 17.8 Å². The van der Waals surface area contributed by atoms with E-state index >= 15 is 0 Å². The van der Waals surface area contributed by atoms with Crippen LogP contribution in [0.15, 0.2) is 30.3 Å². The number of ether oxygens (including phenoxy) is 3. The molecule has 0 spiro atoms. The highest BCUT2D eigenvalue weighted by atomic mass is 16.5. The SMILES string of the molecule is COc1ccccc1OCC(=O)N1CC[C@H](Oc2nc(C)cc(C)n2)C1. The normalized spacial score (nSPS) is 16.4. The minimum Gasteiger partial charge on any atom is -0.493 e. The minimum absolute atomic E-state index is 0.0346. The van der Waals surface area contributed by atoms with Gasteiger partial charge in [-0.2, -0.15) is 0 Å². The molecule has 2 heterocycles. The molecule has 7 nitrogen and oxygen atoms in total. The van der Waals surface area contributed by atoms with Crippen LogP contribution in [0.1, 0.15) is 17.8 Å². The number of methoxy groups -OCH3 is 1. The van der Waals surface area contributed by atoms with Gasteiger partial charge in [0.1, 0.15) is 6.10 Å². The molecule has 1 aromatic carbocycles. The van der Waals surface area contributed by atoms with Crippen LogP contribution in [0.3, 0.4) is 0 Å². The van der Waals surface area contributed by atoms with Crippen LogP contribution >= 0.6 is 0 Å². The summed E-state index contributed by atoms with van der Waals surface area (Å²) < 4.78 is 16.7. The zero-order valence-electron chi connectivity index (χ0n) is 15.3. The second-order valence-corrected chi connectivity index (χ2v) is 6.24. The van der Waals surface area contributed by atoms with Gasteiger partial charge in [0.2, 0.25) is 0 Å². The predicted octanol–water partition coefficient (Wildman–Crippen LogP) is 2.16. The van der Waals surface area contributed by atoms with E-state index in [1.54, 1.807) is 24.1 Å². The Morgan fingerprint density at radius 3 is 2.58 bits per heavy atom. The second-order valence-electron chi connectivity index (χ2n) is 6.24. The molecule has 0 unspecified atom stereocenters. The molecule has 0 radical (unpaired) electrons. The van der Waals surface area contributed by atoms with Crippen LogP contribution in [0, 0.1) is 13.8 Å². The Balaban J connectivity index is 1.52. The molecule has 7 heteroatoms. The lowest BCUT2D eigenvalue weighted by molar-refractivity contribution is -0.132. The summed E-state index contributed by atoms with van der Waals surface area (Å²) in [4.78, 5) is 22.7. The zero-order valence-corrected chi connectivity index (χ0v) is 15.3. The lowest BCUT2D eigenvalue weighted by atomic mass is 10.3. The first-order valence-corrected chi connectivity index (χ1v) is 8.57. The number of carbonyl (C=O) groups is 1. The van der Waals surface area contributed by atoms with Crippen molar-refractivity contribution in [3.05, 3.63) is 41.7 Å². The van der Waals surface area contributed by atoms with E-state index in [9.17, 15) is 4.79 Å². The summed E-state index contributed by atoms with van der Waals surface area (Å²) >= 11 is 0. The van der Waals surface area contributed by atoms with Gasteiger partial charge in [0.05, 0.1) is 13.7 Å². The summed E-state index contributed by atoms with van der Waals surface area (Å²) in [6, 6.07) is 9.53. The zero-order chi connectivity index (χ0) is 18.5. The van der Waals surface area contributed by atoms with Crippen molar-refractivity contribution in [2.45, 2.75) is 26.4 Å². The van der Waals surface area contributed by atoms with Gasteiger partial charge >= 0.3 is 6.01 Å². The molecule has 1 aliphatic rings. The Kier molecular flexibility index (Phi) is 5.55. The number of rotatable bonds is 6. The summed E-state index contributed by atoms with van der Waals surface area (Å²) in [5.74, 6) is 1.08. The fraction of sp³-hybridized carbons (Fsp3) is 0.421. The molecule has 3 rings (SSSR count).